The number of phenols is 2. The first kappa shape index (κ1) is 15.8. The molecular weight excluding hydrogens is 314 g/mol. The highest BCUT2D eigenvalue weighted by Crippen LogP contribution is 2.49. The van der Waals surface area contributed by atoms with E-state index < -0.39 is 12.2 Å². The maximum absolute atomic E-state index is 12.3. The summed E-state index contributed by atoms with van der Waals surface area (Å²) >= 11 is 0. The van der Waals surface area contributed by atoms with Crippen LogP contribution in [0.1, 0.15) is 6.92 Å². The van der Waals surface area contributed by atoms with Gasteiger partial charge in [-0.15, -0.1) is 0 Å². The second kappa shape index (κ2) is 6.19. The summed E-state index contributed by atoms with van der Waals surface area (Å²) in [6.45, 7) is 1.89. The van der Waals surface area contributed by atoms with Crippen LogP contribution in [0.4, 0.5) is 11.4 Å². The molecule has 7 heteroatoms. The highest BCUT2D eigenvalue weighted by molar-refractivity contribution is 5.89. The van der Waals surface area contributed by atoms with Gasteiger partial charge in [0.05, 0.1) is 13.7 Å². The molecule has 1 unspecified atom stereocenters. The largest absolute Gasteiger partial charge is 0.508 e. The number of fused-ring (bicyclic) bond motifs is 1. The van der Waals surface area contributed by atoms with Crippen LogP contribution in [0.3, 0.4) is 0 Å². The Morgan fingerprint density at radius 2 is 1.96 bits per heavy atom. The maximum Gasteiger partial charge on any atom is 0.369 e. The van der Waals surface area contributed by atoms with Gasteiger partial charge in [-0.1, -0.05) is 0 Å². The SMILES string of the molecule is CCOC(=O)C1Oc2cc(O)cc(O)c2N1c1ccc(OC)cc1. The van der Waals surface area contributed by atoms with E-state index in [-0.39, 0.29) is 29.5 Å². The molecule has 0 aliphatic carbocycles. The van der Waals surface area contributed by atoms with E-state index in [4.69, 9.17) is 14.2 Å². The van der Waals surface area contributed by atoms with Gasteiger partial charge in [-0.05, 0) is 31.2 Å². The number of hydrogen-bond acceptors (Lipinski definition) is 7. The van der Waals surface area contributed by atoms with E-state index in [2.05, 4.69) is 0 Å². The van der Waals surface area contributed by atoms with E-state index in [9.17, 15) is 15.0 Å². The van der Waals surface area contributed by atoms with Crippen LogP contribution in [0.5, 0.6) is 23.0 Å². The number of hydrogen-bond donors (Lipinski definition) is 2. The number of esters is 1. The Balaban J connectivity index is 2.08. The van der Waals surface area contributed by atoms with E-state index in [1.165, 1.54) is 17.0 Å². The molecule has 1 aliphatic heterocycles. The van der Waals surface area contributed by atoms with Crippen molar-refractivity contribution >= 4 is 17.3 Å². The van der Waals surface area contributed by atoms with Crippen LogP contribution in [0, 0.1) is 0 Å². The number of rotatable bonds is 4. The first-order chi connectivity index (χ1) is 11.5. The van der Waals surface area contributed by atoms with Gasteiger partial charge < -0.3 is 24.4 Å². The van der Waals surface area contributed by atoms with Gasteiger partial charge in [-0.3, -0.25) is 4.90 Å². The molecule has 2 aromatic carbocycles. The van der Waals surface area contributed by atoms with Crippen LogP contribution in [-0.4, -0.2) is 36.1 Å². The van der Waals surface area contributed by atoms with E-state index in [1.54, 1.807) is 38.3 Å². The van der Waals surface area contributed by atoms with Crippen molar-refractivity contribution in [3.8, 4) is 23.0 Å². The number of ether oxygens (including phenoxy) is 3. The number of benzene rings is 2. The van der Waals surface area contributed by atoms with E-state index >= 15 is 0 Å². The van der Waals surface area contributed by atoms with Crippen molar-refractivity contribution in [2.45, 2.75) is 13.2 Å². The molecule has 0 radical (unpaired) electrons. The van der Waals surface area contributed by atoms with Gasteiger partial charge in [0.1, 0.15) is 22.9 Å². The summed E-state index contributed by atoms with van der Waals surface area (Å²) in [6, 6.07) is 9.45. The van der Waals surface area contributed by atoms with Gasteiger partial charge in [0.25, 0.3) is 6.23 Å². The van der Waals surface area contributed by atoms with Gasteiger partial charge >= 0.3 is 5.97 Å². The Morgan fingerprint density at radius 3 is 2.58 bits per heavy atom. The van der Waals surface area contributed by atoms with Crippen molar-refractivity contribution in [2.75, 3.05) is 18.6 Å². The lowest BCUT2D eigenvalue weighted by molar-refractivity contribution is -0.150. The van der Waals surface area contributed by atoms with Gasteiger partial charge in [-0.2, -0.15) is 0 Å². The number of phenolic OH excluding ortho intramolecular Hbond substituents is 2. The summed E-state index contributed by atoms with van der Waals surface area (Å²) in [5.41, 5.74) is 0.893. The topological polar surface area (TPSA) is 88.5 Å². The average molecular weight is 331 g/mol. The van der Waals surface area contributed by atoms with Crippen molar-refractivity contribution in [1.29, 1.82) is 0 Å². The average Bonchev–Trinajstić information content (AvgIpc) is 2.95. The minimum Gasteiger partial charge on any atom is -0.508 e. The van der Waals surface area contributed by atoms with Crippen LogP contribution < -0.4 is 14.4 Å². The number of carbonyl (C=O) groups is 1. The number of methoxy groups -OCH3 is 1. The zero-order chi connectivity index (χ0) is 17.3. The zero-order valence-electron chi connectivity index (χ0n) is 13.2. The lowest BCUT2D eigenvalue weighted by Gasteiger charge is -2.24. The molecule has 1 aliphatic rings. The van der Waals surface area contributed by atoms with Crippen molar-refractivity contribution in [2.24, 2.45) is 0 Å². The zero-order valence-corrected chi connectivity index (χ0v) is 13.2. The van der Waals surface area contributed by atoms with Gasteiger partial charge in [-0.25, -0.2) is 4.79 Å². The third-order valence-corrected chi connectivity index (χ3v) is 3.59. The molecule has 0 saturated carbocycles. The fourth-order valence-corrected chi connectivity index (χ4v) is 2.58. The van der Waals surface area contributed by atoms with Crippen LogP contribution in [0.15, 0.2) is 36.4 Å². The van der Waals surface area contributed by atoms with E-state index in [0.717, 1.165) is 0 Å². The molecule has 0 amide bonds. The Labute approximate surface area is 138 Å². The van der Waals surface area contributed by atoms with Crippen LogP contribution in [0.2, 0.25) is 0 Å². The van der Waals surface area contributed by atoms with Gasteiger partial charge in [0.15, 0.2) is 5.75 Å². The monoisotopic (exact) mass is 331 g/mol. The molecule has 0 aromatic heterocycles. The Kier molecular flexibility index (Phi) is 4.07. The van der Waals surface area contributed by atoms with E-state index in [1.807, 2.05) is 0 Å². The van der Waals surface area contributed by atoms with Crippen LogP contribution in [0.25, 0.3) is 0 Å². The van der Waals surface area contributed by atoms with Crippen molar-refractivity contribution in [3.05, 3.63) is 36.4 Å². The van der Waals surface area contributed by atoms with Crippen molar-refractivity contribution in [1.82, 2.24) is 0 Å². The molecule has 2 aromatic rings. The maximum atomic E-state index is 12.3. The third-order valence-electron chi connectivity index (χ3n) is 3.59. The normalized spacial score (nSPS) is 15.6. The van der Waals surface area contributed by atoms with Crippen molar-refractivity contribution < 1.29 is 29.2 Å². The predicted molar refractivity (Wildman–Crippen MR) is 86.0 cm³/mol. The lowest BCUT2D eigenvalue weighted by atomic mass is 10.2. The van der Waals surface area contributed by atoms with Crippen LogP contribution >= 0.6 is 0 Å². The highest BCUT2D eigenvalue weighted by atomic mass is 16.6. The smallest absolute Gasteiger partial charge is 0.369 e. The molecule has 0 spiro atoms. The Hall–Kier alpha value is -3.09. The minimum atomic E-state index is -1.10. The summed E-state index contributed by atoms with van der Waals surface area (Å²) < 4.78 is 15.8. The fraction of sp³-hybridized carbons (Fsp3) is 0.235. The quantitative estimate of drug-likeness (QED) is 0.832. The molecule has 0 fully saturated rings. The molecule has 3 rings (SSSR count). The van der Waals surface area contributed by atoms with Crippen LogP contribution in [-0.2, 0) is 9.53 Å². The molecule has 126 valence electrons. The van der Waals surface area contributed by atoms with Gasteiger partial charge in [0.2, 0.25) is 0 Å². The van der Waals surface area contributed by atoms with E-state index in [0.29, 0.717) is 11.4 Å². The highest BCUT2D eigenvalue weighted by Gasteiger charge is 2.40. The lowest BCUT2D eigenvalue weighted by Crippen LogP contribution is -2.39. The molecule has 1 heterocycles. The molecule has 7 nitrogen and oxygen atoms in total. The molecule has 1 atom stereocenters. The summed E-state index contributed by atoms with van der Waals surface area (Å²) in [5, 5.41) is 19.9. The molecular formula is C17H17NO6. The fourth-order valence-electron chi connectivity index (χ4n) is 2.58. The summed E-state index contributed by atoms with van der Waals surface area (Å²) in [4.78, 5) is 13.8. The second-order valence-electron chi connectivity index (χ2n) is 5.10. The predicted octanol–water partition coefficient (Wildman–Crippen LogP) is 2.53. The first-order valence-corrected chi connectivity index (χ1v) is 7.37. The summed E-state index contributed by atoms with van der Waals surface area (Å²) in [5.74, 6) is -0.107. The summed E-state index contributed by atoms with van der Waals surface area (Å²) in [7, 11) is 1.55. The molecule has 2 N–H and O–H groups in total. The third kappa shape index (κ3) is 2.64. The Morgan fingerprint density at radius 1 is 1.25 bits per heavy atom. The van der Waals surface area contributed by atoms with Gasteiger partial charge in [0, 0.05) is 17.8 Å². The minimum absolute atomic E-state index is 0.162. The number of nitrogens with zero attached hydrogens (tertiary/aromatic N) is 1. The molecule has 24 heavy (non-hydrogen) atoms. The second-order valence-corrected chi connectivity index (χ2v) is 5.10. The standard InChI is InChI=1S/C17H17NO6/c1-3-23-17(21)16-18(10-4-6-12(22-2)7-5-10)15-13(20)8-11(19)9-14(15)24-16/h4-9,16,19-20H,3H2,1-2H3. The first-order valence-electron chi connectivity index (χ1n) is 7.37. The number of anilines is 2. The molecule has 0 saturated heterocycles. The number of aromatic hydroxyl groups is 2. The Bertz CT molecular complexity index is 758. The summed E-state index contributed by atoms with van der Waals surface area (Å²) in [6.07, 6.45) is -1.10. The molecule has 0 bridgehead atoms. The van der Waals surface area contributed by atoms with Crippen molar-refractivity contribution in [3.63, 3.8) is 0 Å². The number of carbonyl (C=O) groups excluding carboxylic acids is 1.